The molecule has 0 saturated heterocycles. The van der Waals surface area contributed by atoms with E-state index in [2.05, 4.69) is 5.32 Å². The number of nitrogens with zero attached hydrogens (tertiary/aromatic N) is 2. The maximum absolute atomic E-state index is 9.99. The maximum Gasteiger partial charge on any atom is 0.160 e. The van der Waals surface area contributed by atoms with Gasteiger partial charge in [-0.1, -0.05) is 18.2 Å². The fourth-order valence-electron chi connectivity index (χ4n) is 1.11. The van der Waals surface area contributed by atoms with Crippen molar-refractivity contribution in [1.29, 1.82) is 0 Å². The third kappa shape index (κ3) is 7.42. The molecule has 0 aromatic heterocycles. The van der Waals surface area contributed by atoms with Gasteiger partial charge in [-0.15, -0.1) is 5.01 Å². The standard InChI is InChI=1S/C7H9N.C4H10N2O4/c1-8-7-5-3-2-4-6-7;7-3-1-5(2-4-8)6(9)10/h2-6,8H,1H3;7-8H,1-4H2. The van der Waals surface area contributed by atoms with Gasteiger partial charge in [-0.05, 0) is 12.1 Å². The van der Waals surface area contributed by atoms with E-state index in [1.165, 1.54) is 0 Å². The van der Waals surface area contributed by atoms with Crippen molar-refractivity contribution in [2.75, 3.05) is 38.7 Å². The van der Waals surface area contributed by atoms with Crippen molar-refractivity contribution in [1.82, 2.24) is 5.01 Å². The summed E-state index contributed by atoms with van der Waals surface area (Å²) in [5.74, 6) is 0. The summed E-state index contributed by atoms with van der Waals surface area (Å²) in [6.45, 7) is -0.650. The Labute approximate surface area is 106 Å². The van der Waals surface area contributed by atoms with E-state index < -0.39 is 5.03 Å². The van der Waals surface area contributed by atoms with E-state index >= 15 is 0 Å². The first-order chi connectivity index (χ1) is 8.65. The molecule has 18 heavy (non-hydrogen) atoms. The van der Waals surface area contributed by atoms with E-state index in [0.717, 1.165) is 10.7 Å². The minimum Gasteiger partial charge on any atom is -0.394 e. The molecule has 0 aliphatic heterocycles. The zero-order valence-electron chi connectivity index (χ0n) is 10.3. The van der Waals surface area contributed by atoms with Crippen molar-refractivity contribution in [3.05, 3.63) is 40.4 Å². The van der Waals surface area contributed by atoms with E-state index in [4.69, 9.17) is 10.2 Å². The molecule has 0 bridgehead atoms. The van der Waals surface area contributed by atoms with Crippen LogP contribution in [0, 0.1) is 10.1 Å². The molecule has 0 saturated carbocycles. The summed E-state index contributed by atoms with van der Waals surface area (Å²) >= 11 is 0. The highest BCUT2D eigenvalue weighted by molar-refractivity contribution is 5.41. The summed E-state index contributed by atoms with van der Waals surface area (Å²) in [5.41, 5.74) is 1.16. The van der Waals surface area contributed by atoms with Crippen LogP contribution in [0.1, 0.15) is 0 Å². The number of aliphatic hydroxyl groups is 2. The molecule has 0 aliphatic carbocycles. The third-order valence-corrected chi connectivity index (χ3v) is 2.01. The molecule has 7 nitrogen and oxygen atoms in total. The Morgan fingerprint density at radius 3 is 2.00 bits per heavy atom. The molecule has 3 N–H and O–H groups in total. The van der Waals surface area contributed by atoms with Crippen molar-refractivity contribution < 1.29 is 15.2 Å². The molecule has 0 aliphatic rings. The normalized spacial score (nSPS) is 9.06. The highest BCUT2D eigenvalue weighted by Crippen LogP contribution is 2.01. The minimum absolute atomic E-state index is 0.0481. The number of rotatable bonds is 6. The SMILES string of the molecule is CNc1ccccc1.O=[N+]([O-])N(CCO)CCO. The zero-order valence-corrected chi connectivity index (χ0v) is 10.3. The quantitative estimate of drug-likeness (QED) is 0.497. The zero-order chi connectivity index (χ0) is 13.8. The summed E-state index contributed by atoms with van der Waals surface area (Å²) in [6.07, 6.45) is 0. The van der Waals surface area contributed by atoms with E-state index in [0.29, 0.717) is 0 Å². The van der Waals surface area contributed by atoms with Crippen LogP contribution in [0.3, 0.4) is 0 Å². The summed E-state index contributed by atoms with van der Waals surface area (Å²) in [4.78, 5) is 9.99. The predicted octanol–water partition coefficient (Wildman–Crippen LogP) is 0.193. The summed E-state index contributed by atoms with van der Waals surface area (Å²) in [6, 6.07) is 10.1. The molecule has 0 heterocycles. The first-order valence-corrected chi connectivity index (χ1v) is 5.49. The fraction of sp³-hybridized carbons (Fsp3) is 0.455. The molecule has 0 spiro atoms. The number of para-hydroxylation sites is 1. The second kappa shape index (κ2) is 10.3. The van der Waals surface area contributed by atoms with Crippen LogP contribution in [0.5, 0.6) is 0 Å². The number of nitro groups is 1. The number of nitrogens with one attached hydrogen (secondary N) is 1. The average Bonchev–Trinajstić information content (AvgIpc) is 2.40. The lowest BCUT2D eigenvalue weighted by molar-refractivity contribution is -0.656. The van der Waals surface area contributed by atoms with Crippen molar-refractivity contribution in [3.8, 4) is 0 Å². The number of anilines is 1. The number of hydrazine groups is 1. The van der Waals surface area contributed by atoms with Crippen LogP contribution in [0.15, 0.2) is 30.3 Å². The highest BCUT2D eigenvalue weighted by Gasteiger charge is 2.10. The van der Waals surface area contributed by atoms with Gasteiger partial charge in [0.25, 0.3) is 0 Å². The van der Waals surface area contributed by atoms with Crippen LogP contribution in [-0.4, -0.2) is 53.6 Å². The lowest BCUT2D eigenvalue weighted by Gasteiger charge is -2.09. The van der Waals surface area contributed by atoms with Crippen LogP contribution in [0.2, 0.25) is 0 Å². The van der Waals surface area contributed by atoms with Gasteiger partial charge in [-0.25, -0.2) is 10.1 Å². The molecule has 0 unspecified atom stereocenters. The first-order valence-electron chi connectivity index (χ1n) is 5.49. The Balaban J connectivity index is 0.000000327. The molecule has 1 aromatic carbocycles. The van der Waals surface area contributed by atoms with Crippen molar-refractivity contribution in [2.45, 2.75) is 0 Å². The second-order valence-electron chi connectivity index (χ2n) is 3.25. The third-order valence-electron chi connectivity index (χ3n) is 2.01. The minimum atomic E-state index is -0.646. The predicted molar refractivity (Wildman–Crippen MR) is 68.7 cm³/mol. The van der Waals surface area contributed by atoms with Crippen molar-refractivity contribution in [3.63, 3.8) is 0 Å². The number of hydrogen-bond acceptors (Lipinski definition) is 5. The van der Waals surface area contributed by atoms with Crippen LogP contribution in [0.4, 0.5) is 5.69 Å². The van der Waals surface area contributed by atoms with E-state index in [9.17, 15) is 10.1 Å². The summed E-state index contributed by atoms with van der Waals surface area (Å²) in [5, 5.41) is 29.7. The molecule has 1 aromatic rings. The molecule has 7 heteroatoms. The fourth-order valence-corrected chi connectivity index (χ4v) is 1.11. The number of aliphatic hydroxyl groups excluding tert-OH is 2. The molecule has 0 amide bonds. The second-order valence-corrected chi connectivity index (χ2v) is 3.25. The van der Waals surface area contributed by atoms with Gasteiger partial charge in [0.15, 0.2) is 5.03 Å². The monoisotopic (exact) mass is 257 g/mol. The van der Waals surface area contributed by atoms with E-state index in [1.54, 1.807) is 0 Å². The molecule has 0 radical (unpaired) electrons. The van der Waals surface area contributed by atoms with Gasteiger partial charge in [0.05, 0.1) is 13.2 Å². The van der Waals surface area contributed by atoms with Gasteiger partial charge in [-0.3, -0.25) is 0 Å². The number of hydrogen-bond donors (Lipinski definition) is 3. The highest BCUT2D eigenvalue weighted by atomic mass is 16.7. The van der Waals surface area contributed by atoms with Crippen molar-refractivity contribution in [2.24, 2.45) is 0 Å². The number of benzene rings is 1. The van der Waals surface area contributed by atoms with Crippen LogP contribution in [0.25, 0.3) is 0 Å². The lowest BCUT2D eigenvalue weighted by Crippen LogP contribution is -2.34. The van der Waals surface area contributed by atoms with Gasteiger partial charge in [0.1, 0.15) is 13.1 Å². The van der Waals surface area contributed by atoms with Crippen molar-refractivity contribution >= 4 is 5.69 Å². The van der Waals surface area contributed by atoms with Gasteiger partial charge < -0.3 is 15.5 Å². The molecule has 102 valence electrons. The Hall–Kier alpha value is -1.86. The maximum atomic E-state index is 9.99. The first kappa shape index (κ1) is 16.1. The molecular weight excluding hydrogens is 238 g/mol. The molecule has 0 fully saturated rings. The Morgan fingerprint density at radius 2 is 1.72 bits per heavy atom. The molecule has 1 rings (SSSR count). The van der Waals surface area contributed by atoms with Gasteiger partial charge in [0, 0.05) is 12.7 Å². The largest absolute Gasteiger partial charge is 0.394 e. The Kier molecular flexibility index (Phi) is 9.24. The van der Waals surface area contributed by atoms with Crippen LogP contribution < -0.4 is 5.32 Å². The van der Waals surface area contributed by atoms with Gasteiger partial charge in [-0.2, -0.15) is 0 Å². The summed E-state index contributed by atoms with van der Waals surface area (Å²) < 4.78 is 0. The topological polar surface area (TPSA) is 98.9 Å². The molecular formula is C11H19N3O4. The van der Waals surface area contributed by atoms with Gasteiger partial charge >= 0.3 is 0 Å². The average molecular weight is 257 g/mol. The smallest absolute Gasteiger partial charge is 0.160 e. The van der Waals surface area contributed by atoms with Gasteiger partial charge in [0.2, 0.25) is 0 Å². The Bertz CT molecular complexity index is 315. The van der Waals surface area contributed by atoms with E-state index in [-0.39, 0.29) is 26.3 Å². The molecule has 0 atom stereocenters. The van der Waals surface area contributed by atoms with Crippen LogP contribution in [-0.2, 0) is 0 Å². The summed E-state index contributed by atoms with van der Waals surface area (Å²) in [7, 11) is 1.91. The Morgan fingerprint density at radius 1 is 1.22 bits per heavy atom. The van der Waals surface area contributed by atoms with Crippen LogP contribution >= 0.6 is 0 Å². The van der Waals surface area contributed by atoms with E-state index in [1.807, 2.05) is 37.4 Å². The lowest BCUT2D eigenvalue weighted by atomic mass is 10.3.